The minimum absolute atomic E-state index is 0. The maximum absolute atomic E-state index is 11.9. The molecule has 2 heterocycles. The molecule has 0 radical (unpaired) electrons. The molecule has 1 amide bonds. The number of carbonyl (C=O) groups excluding carboxylic acids is 1. The quantitative estimate of drug-likeness (QED) is 0.825. The van der Waals surface area contributed by atoms with Crippen LogP contribution < -0.4 is 10.6 Å². The Morgan fingerprint density at radius 2 is 2.18 bits per heavy atom. The number of hydrogen-bond donors (Lipinski definition) is 2. The molecule has 0 aliphatic carbocycles. The van der Waals surface area contributed by atoms with Gasteiger partial charge in [0, 0.05) is 12.6 Å². The van der Waals surface area contributed by atoms with E-state index in [1.807, 2.05) is 38.4 Å². The van der Waals surface area contributed by atoms with E-state index in [4.69, 9.17) is 4.42 Å². The molecular formula is C14H21Cl2N3O2S. The number of nitrogens with one attached hydrogen (secondary N) is 2. The molecule has 0 saturated heterocycles. The second kappa shape index (κ2) is 9.84. The first-order chi connectivity index (χ1) is 9.60. The van der Waals surface area contributed by atoms with Gasteiger partial charge in [-0.15, -0.1) is 36.2 Å². The Bertz CT molecular complexity index is 573. The minimum atomic E-state index is -0.0405. The number of halogens is 2. The lowest BCUT2D eigenvalue weighted by atomic mass is 10.2. The average molecular weight is 366 g/mol. The van der Waals surface area contributed by atoms with Crippen LogP contribution in [0.1, 0.15) is 18.4 Å². The fourth-order valence-electron chi connectivity index (χ4n) is 1.68. The molecule has 1 atom stereocenters. The van der Waals surface area contributed by atoms with Crippen molar-refractivity contribution < 1.29 is 9.21 Å². The topological polar surface area (TPSA) is 67.2 Å². The lowest BCUT2D eigenvalue weighted by Crippen LogP contribution is -2.37. The van der Waals surface area contributed by atoms with Crippen LogP contribution in [-0.4, -0.2) is 30.5 Å². The van der Waals surface area contributed by atoms with E-state index in [0.717, 1.165) is 4.88 Å². The SMILES string of the molecule is CNC(C)CNC(=O)Cc1nc(-c2cccs2)oc1C.Cl.Cl. The summed E-state index contributed by atoms with van der Waals surface area (Å²) < 4.78 is 5.61. The molecule has 124 valence electrons. The summed E-state index contributed by atoms with van der Waals surface area (Å²) >= 11 is 1.57. The number of likely N-dealkylation sites (N-methyl/N-ethyl adjacent to an activating group) is 1. The van der Waals surface area contributed by atoms with Crippen molar-refractivity contribution >= 4 is 42.1 Å². The summed E-state index contributed by atoms with van der Waals surface area (Å²) in [6, 6.07) is 4.15. The number of aromatic nitrogens is 1. The summed E-state index contributed by atoms with van der Waals surface area (Å²) in [4.78, 5) is 17.2. The van der Waals surface area contributed by atoms with Crippen LogP contribution in [-0.2, 0) is 11.2 Å². The van der Waals surface area contributed by atoms with E-state index in [0.29, 0.717) is 23.9 Å². The van der Waals surface area contributed by atoms with Crippen LogP contribution in [0.15, 0.2) is 21.9 Å². The molecule has 0 fully saturated rings. The highest BCUT2D eigenvalue weighted by Crippen LogP contribution is 2.25. The number of hydrogen-bond acceptors (Lipinski definition) is 5. The van der Waals surface area contributed by atoms with Gasteiger partial charge in [0.05, 0.1) is 17.0 Å². The predicted octanol–water partition coefficient (Wildman–Crippen LogP) is 2.82. The molecular weight excluding hydrogens is 345 g/mol. The van der Waals surface area contributed by atoms with E-state index in [2.05, 4.69) is 15.6 Å². The molecule has 0 bridgehead atoms. The number of oxazole rings is 1. The molecule has 2 aromatic heterocycles. The monoisotopic (exact) mass is 365 g/mol. The number of thiophene rings is 1. The second-order valence-corrected chi connectivity index (χ2v) is 5.62. The fourth-order valence-corrected chi connectivity index (χ4v) is 2.33. The van der Waals surface area contributed by atoms with E-state index in [1.54, 1.807) is 11.3 Å². The molecule has 0 saturated carbocycles. The molecule has 2 rings (SSSR count). The van der Waals surface area contributed by atoms with Crippen molar-refractivity contribution in [2.45, 2.75) is 26.3 Å². The number of carbonyl (C=O) groups is 1. The van der Waals surface area contributed by atoms with E-state index in [1.165, 1.54) is 0 Å². The Morgan fingerprint density at radius 1 is 1.45 bits per heavy atom. The zero-order valence-electron chi connectivity index (χ0n) is 12.7. The van der Waals surface area contributed by atoms with Gasteiger partial charge in [-0.3, -0.25) is 4.79 Å². The van der Waals surface area contributed by atoms with Crippen molar-refractivity contribution in [1.29, 1.82) is 0 Å². The maximum atomic E-state index is 11.9. The van der Waals surface area contributed by atoms with Crippen molar-refractivity contribution in [3.63, 3.8) is 0 Å². The van der Waals surface area contributed by atoms with E-state index in [9.17, 15) is 4.79 Å². The molecule has 0 spiro atoms. The summed E-state index contributed by atoms with van der Waals surface area (Å²) in [5.74, 6) is 1.25. The first-order valence-electron chi connectivity index (χ1n) is 6.54. The Kier molecular flexibility index (Phi) is 9.36. The van der Waals surface area contributed by atoms with Crippen molar-refractivity contribution in [3.8, 4) is 10.8 Å². The minimum Gasteiger partial charge on any atom is -0.440 e. The molecule has 0 aliphatic rings. The maximum Gasteiger partial charge on any atom is 0.236 e. The summed E-state index contributed by atoms with van der Waals surface area (Å²) in [7, 11) is 1.87. The number of rotatable bonds is 6. The van der Waals surface area contributed by atoms with E-state index < -0.39 is 0 Å². The summed E-state index contributed by atoms with van der Waals surface area (Å²) in [6.07, 6.45) is 0.247. The zero-order chi connectivity index (χ0) is 14.5. The zero-order valence-corrected chi connectivity index (χ0v) is 15.2. The highest BCUT2D eigenvalue weighted by Gasteiger charge is 2.15. The van der Waals surface area contributed by atoms with E-state index in [-0.39, 0.29) is 43.2 Å². The number of nitrogens with zero attached hydrogens (tertiary/aromatic N) is 1. The Labute approximate surface area is 146 Å². The molecule has 0 aromatic carbocycles. The van der Waals surface area contributed by atoms with Crippen molar-refractivity contribution in [2.24, 2.45) is 0 Å². The van der Waals surface area contributed by atoms with Crippen LogP contribution in [0, 0.1) is 6.92 Å². The molecule has 8 heteroatoms. The Morgan fingerprint density at radius 3 is 2.77 bits per heavy atom. The van der Waals surface area contributed by atoms with Crippen LogP contribution in [0.5, 0.6) is 0 Å². The molecule has 0 aliphatic heterocycles. The molecule has 2 N–H and O–H groups in total. The van der Waals surface area contributed by atoms with Crippen molar-refractivity contribution in [1.82, 2.24) is 15.6 Å². The largest absolute Gasteiger partial charge is 0.440 e. The highest BCUT2D eigenvalue weighted by atomic mass is 35.5. The summed E-state index contributed by atoms with van der Waals surface area (Å²) in [5, 5.41) is 7.92. The van der Waals surface area contributed by atoms with Crippen LogP contribution >= 0.6 is 36.2 Å². The van der Waals surface area contributed by atoms with Gasteiger partial charge in [-0.05, 0) is 32.3 Å². The lowest BCUT2D eigenvalue weighted by molar-refractivity contribution is -0.120. The second-order valence-electron chi connectivity index (χ2n) is 4.67. The molecule has 22 heavy (non-hydrogen) atoms. The van der Waals surface area contributed by atoms with Gasteiger partial charge >= 0.3 is 0 Å². The fraction of sp³-hybridized carbons (Fsp3) is 0.429. The van der Waals surface area contributed by atoms with Crippen molar-refractivity contribution in [3.05, 3.63) is 29.0 Å². The molecule has 2 aromatic rings. The van der Waals surface area contributed by atoms with Gasteiger partial charge in [-0.25, -0.2) is 4.98 Å². The van der Waals surface area contributed by atoms with Crippen LogP contribution in [0.25, 0.3) is 10.8 Å². The van der Waals surface area contributed by atoms with Crippen LogP contribution in [0.3, 0.4) is 0 Å². The standard InChI is InChI=1S/C14H19N3O2S.2ClH/c1-9(15-3)8-16-13(18)7-11-10(2)19-14(17-11)12-5-4-6-20-12;;/h4-6,9,15H,7-8H2,1-3H3,(H,16,18);2*1H. The lowest BCUT2D eigenvalue weighted by Gasteiger charge is -2.10. The number of aryl methyl sites for hydroxylation is 1. The normalized spacial score (nSPS) is 11.2. The smallest absolute Gasteiger partial charge is 0.236 e. The summed E-state index contributed by atoms with van der Waals surface area (Å²) in [5.41, 5.74) is 0.697. The first-order valence-corrected chi connectivity index (χ1v) is 7.42. The number of amides is 1. The van der Waals surface area contributed by atoms with E-state index >= 15 is 0 Å². The van der Waals surface area contributed by atoms with Gasteiger partial charge in [0.25, 0.3) is 0 Å². The summed E-state index contributed by atoms with van der Waals surface area (Å²) in [6.45, 7) is 4.45. The third kappa shape index (κ3) is 5.61. The highest BCUT2D eigenvalue weighted by molar-refractivity contribution is 7.13. The average Bonchev–Trinajstić information content (AvgIpc) is 3.06. The van der Waals surface area contributed by atoms with Gasteiger partial charge in [-0.2, -0.15) is 0 Å². The van der Waals surface area contributed by atoms with Gasteiger partial charge in [0.2, 0.25) is 11.8 Å². The predicted molar refractivity (Wildman–Crippen MR) is 94.3 cm³/mol. The van der Waals surface area contributed by atoms with Crippen molar-refractivity contribution in [2.75, 3.05) is 13.6 Å². The third-order valence-electron chi connectivity index (χ3n) is 3.05. The van der Waals surface area contributed by atoms with Gasteiger partial charge in [-0.1, -0.05) is 6.07 Å². The van der Waals surface area contributed by atoms with Crippen LogP contribution in [0.4, 0.5) is 0 Å². The Balaban J connectivity index is 0.00000220. The first kappa shape index (κ1) is 20.9. The molecule has 5 nitrogen and oxygen atoms in total. The van der Waals surface area contributed by atoms with Crippen LogP contribution in [0.2, 0.25) is 0 Å². The molecule has 1 unspecified atom stereocenters. The van der Waals surface area contributed by atoms with Gasteiger partial charge < -0.3 is 15.1 Å². The Hall–Kier alpha value is -1.08. The third-order valence-corrected chi connectivity index (χ3v) is 3.91. The van der Waals surface area contributed by atoms with Gasteiger partial charge in [0.15, 0.2) is 0 Å². The van der Waals surface area contributed by atoms with Gasteiger partial charge in [0.1, 0.15) is 5.76 Å².